The Morgan fingerprint density at radius 3 is 2.76 bits per heavy atom. The maximum absolute atomic E-state index is 12.8. The van der Waals surface area contributed by atoms with Crippen molar-refractivity contribution in [1.82, 2.24) is 19.6 Å². The first kappa shape index (κ1) is 19.9. The van der Waals surface area contributed by atoms with Crippen LogP contribution in [-0.4, -0.2) is 59.6 Å². The van der Waals surface area contributed by atoms with Crippen LogP contribution in [0.3, 0.4) is 0 Å². The minimum atomic E-state index is -0.104. The Bertz CT molecular complexity index is 954. The van der Waals surface area contributed by atoms with E-state index in [1.54, 1.807) is 0 Å². The summed E-state index contributed by atoms with van der Waals surface area (Å²) in [5, 5.41) is 3.71. The zero-order valence-electron chi connectivity index (χ0n) is 16.3. The van der Waals surface area contributed by atoms with E-state index in [0.29, 0.717) is 18.0 Å². The van der Waals surface area contributed by atoms with Gasteiger partial charge in [-0.05, 0) is 17.7 Å². The number of fused-ring (bicyclic) bond motifs is 1. The minimum absolute atomic E-state index is 0.0316. The molecule has 1 aromatic carbocycles. The van der Waals surface area contributed by atoms with Gasteiger partial charge in [0.25, 0.3) is 0 Å². The smallest absolute Gasteiger partial charge is 0.221 e. The molecule has 3 aromatic rings. The van der Waals surface area contributed by atoms with Crippen LogP contribution in [0.25, 0.3) is 5.65 Å². The highest BCUT2D eigenvalue weighted by molar-refractivity contribution is 6.30. The number of nitrogens with zero attached hydrogens (tertiary/aromatic N) is 3. The lowest BCUT2D eigenvalue weighted by Crippen LogP contribution is -2.41. The van der Waals surface area contributed by atoms with Gasteiger partial charge in [0.1, 0.15) is 5.65 Å². The normalized spacial score (nSPS) is 16.0. The van der Waals surface area contributed by atoms with Gasteiger partial charge < -0.3 is 14.5 Å². The Balaban J connectivity index is 1.49. The van der Waals surface area contributed by atoms with Gasteiger partial charge in [-0.2, -0.15) is 0 Å². The van der Waals surface area contributed by atoms with Crippen molar-refractivity contribution < 1.29 is 9.53 Å². The average Bonchev–Trinajstić information content (AvgIpc) is 3.16. The van der Waals surface area contributed by atoms with Crippen LogP contribution in [0, 0.1) is 0 Å². The lowest BCUT2D eigenvalue weighted by Gasteiger charge is -2.26. The standard InChI is InChI=1S/C22H25ClN4O2/c23-18-6-7-21-25-15-20(27(21)16-18)19(17-4-2-1-3-5-17)14-22(28)24-8-9-26-10-12-29-13-11-26/h1-7,15-16,19H,8-14H2,(H,24,28). The molecule has 152 valence electrons. The van der Waals surface area contributed by atoms with E-state index in [0.717, 1.165) is 49.8 Å². The third-order valence-electron chi connectivity index (χ3n) is 5.30. The maximum Gasteiger partial charge on any atom is 0.221 e. The highest BCUT2D eigenvalue weighted by Gasteiger charge is 2.22. The molecule has 1 amide bonds. The Hall–Kier alpha value is -2.41. The van der Waals surface area contributed by atoms with E-state index in [-0.39, 0.29) is 11.8 Å². The fourth-order valence-electron chi connectivity index (χ4n) is 3.75. The first-order valence-electron chi connectivity index (χ1n) is 9.95. The molecule has 1 N–H and O–H groups in total. The molecule has 1 atom stereocenters. The number of halogens is 1. The van der Waals surface area contributed by atoms with Crippen LogP contribution < -0.4 is 5.32 Å². The number of rotatable bonds is 7. The minimum Gasteiger partial charge on any atom is -0.379 e. The third kappa shape index (κ3) is 4.96. The largest absolute Gasteiger partial charge is 0.379 e. The molecule has 0 radical (unpaired) electrons. The van der Waals surface area contributed by atoms with Crippen molar-refractivity contribution in [3.05, 3.63) is 71.1 Å². The summed E-state index contributed by atoms with van der Waals surface area (Å²) in [7, 11) is 0. The number of ether oxygens (including phenoxy) is 1. The van der Waals surface area contributed by atoms with E-state index in [9.17, 15) is 4.79 Å². The van der Waals surface area contributed by atoms with Gasteiger partial charge in [0.2, 0.25) is 5.91 Å². The Kier molecular flexibility index (Phi) is 6.44. The zero-order chi connectivity index (χ0) is 20.1. The van der Waals surface area contributed by atoms with Gasteiger partial charge in [0.05, 0.1) is 23.9 Å². The van der Waals surface area contributed by atoms with Crippen molar-refractivity contribution >= 4 is 23.2 Å². The Morgan fingerprint density at radius 2 is 1.97 bits per heavy atom. The predicted octanol–water partition coefficient (Wildman–Crippen LogP) is 2.96. The number of aromatic nitrogens is 2. The van der Waals surface area contributed by atoms with Crippen LogP contribution in [-0.2, 0) is 9.53 Å². The molecule has 0 spiro atoms. The van der Waals surface area contributed by atoms with Crippen molar-refractivity contribution in [2.75, 3.05) is 39.4 Å². The molecule has 29 heavy (non-hydrogen) atoms. The van der Waals surface area contributed by atoms with E-state index in [1.165, 1.54) is 0 Å². The fourth-order valence-corrected chi connectivity index (χ4v) is 3.91. The average molecular weight is 413 g/mol. The number of hydrogen-bond donors (Lipinski definition) is 1. The molecule has 7 heteroatoms. The van der Waals surface area contributed by atoms with Gasteiger partial charge in [0, 0.05) is 50.9 Å². The first-order chi connectivity index (χ1) is 14.2. The SMILES string of the molecule is O=C(CC(c1ccccc1)c1cnc2ccc(Cl)cn12)NCCN1CCOCC1. The van der Waals surface area contributed by atoms with E-state index in [2.05, 4.69) is 27.3 Å². The monoisotopic (exact) mass is 412 g/mol. The molecule has 1 saturated heterocycles. The summed E-state index contributed by atoms with van der Waals surface area (Å²) in [5.41, 5.74) is 2.85. The van der Waals surface area contributed by atoms with Gasteiger partial charge >= 0.3 is 0 Å². The number of carbonyl (C=O) groups excluding carboxylic acids is 1. The summed E-state index contributed by atoms with van der Waals surface area (Å²) >= 11 is 6.20. The summed E-state index contributed by atoms with van der Waals surface area (Å²) < 4.78 is 7.34. The molecule has 1 aliphatic rings. The van der Waals surface area contributed by atoms with Crippen molar-refractivity contribution in [3.63, 3.8) is 0 Å². The van der Waals surface area contributed by atoms with Crippen molar-refractivity contribution in [2.45, 2.75) is 12.3 Å². The molecule has 4 rings (SSSR count). The van der Waals surface area contributed by atoms with Gasteiger partial charge in [-0.1, -0.05) is 41.9 Å². The van der Waals surface area contributed by atoms with Crippen molar-refractivity contribution in [2.24, 2.45) is 0 Å². The molecule has 2 aromatic heterocycles. The fraction of sp³-hybridized carbons (Fsp3) is 0.364. The van der Waals surface area contributed by atoms with Crippen LogP contribution in [0.5, 0.6) is 0 Å². The number of amides is 1. The van der Waals surface area contributed by atoms with E-state index in [4.69, 9.17) is 16.3 Å². The Morgan fingerprint density at radius 1 is 1.17 bits per heavy atom. The molecule has 6 nitrogen and oxygen atoms in total. The highest BCUT2D eigenvalue weighted by atomic mass is 35.5. The van der Waals surface area contributed by atoms with Gasteiger partial charge in [-0.25, -0.2) is 4.98 Å². The summed E-state index contributed by atoms with van der Waals surface area (Å²) in [6.45, 7) is 4.85. The molecule has 0 bridgehead atoms. The molecule has 0 saturated carbocycles. The lowest BCUT2D eigenvalue weighted by molar-refractivity contribution is -0.121. The van der Waals surface area contributed by atoms with Crippen molar-refractivity contribution in [3.8, 4) is 0 Å². The number of nitrogens with one attached hydrogen (secondary N) is 1. The zero-order valence-corrected chi connectivity index (χ0v) is 17.0. The second-order valence-electron chi connectivity index (χ2n) is 7.23. The Labute approximate surface area is 175 Å². The van der Waals surface area contributed by atoms with Gasteiger partial charge in [-0.3, -0.25) is 9.69 Å². The van der Waals surface area contributed by atoms with Gasteiger partial charge in [-0.15, -0.1) is 0 Å². The lowest BCUT2D eigenvalue weighted by atomic mass is 9.92. The molecular formula is C22H25ClN4O2. The second kappa shape index (κ2) is 9.39. The third-order valence-corrected chi connectivity index (χ3v) is 5.52. The van der Waals surface area contributed by atoms with E-state index in [1.807, 2.05) is 47.1 Å². The number of imidazole rings is 1. The molecule has 1 aliphatic heterocycles. The van der Waals surface area contributed by atoms with E-state index >= 15 is 0 Å². The first-order valence-corrected chi connectivity index (χ1v) is 10.3. The maximum atomic E-state index is 12.8. The molecular weight excluding hydrogens is 388 g/mol. The number of hydrogen-bond acceptors (Lipinski definition) is 4. The number of carbonyl (C=O) groups is 1. The molecule has 3 heterocycles. The summed E-state index contributed by atoms with van der Waals surface area (Å²) in [6, 6.07) is 13.8. The predicted molar refractivity (Wildman–Crippen MR) is 113 cm³/mol. The summed E-state index contributed by atoms with van der Waals surface area (Å²) in [6.07, 6.45) is 4.04. The van der Waals surface area contributed by atoms with Crippen LogP contribution in [0.1, 0.15) is 23.6 Å². The number of benzene rings is 1. The molecule has 0 aliphatic carbocycles. The van der Waals surface area contributed by atoms with Crippen LogP contribution in [0.4, 0.5) is 0 Å². The molecule has 1 unspecified atom stereocenters. The highest BCUT2D eigenvalue weighted by Crippen LogP contribution is 2.29. The van der Waals surface area contributed by atoms with Crippen molar-refractivity contribution in [1.29, 1.82) is 0 Å². The van der Waals surface area contributed by atoms with Crippen LogP contribution in [0.2, 0.25) is 5.02 Å². The quantitative estimate of drug-likeness (QED) is 0.648. The topological polar surface area (TPSA) is 58.9 Å². The summed E-state index contributed by atoms with van der Waals surface area (Å²) in [4.78, 5) is 19.6. The van der Waals surface area contributed by atoms with E-state index < -0.39 is 0 Å². The van der Waals surface area contributed by atoms with Gasteiger partial charge in [0.15, 0.2) is 0 Å². The van der Waals surface area contributed by atoms with Crippen LogP contribution >= 0.6 is 11.6 Å². The summed E-state index contributed by atoms with van der Waals surface area (Å²) in [5.74, 6) is -0.0721. The van der Waals surface area contributed by atoms with Crippen LogP contribution in [0.15, 0.2) is 54.9 Å². The number of morpholine rings is 1. The molecule has 1 fully saturated rings. The second-order valence-corrected chi connectivity index (χ2v) is 7.67. The number of pyridine rings is 1.